The minimum absolute atomic E-state index is 0.131. The second-order valence-corrected chi connectivity index (χ2v) is 5.95. The molecule has 1 heterocycles. The molecule has 5 nitrogen and oxygen atoms in total. The molecule has 1 saturated heterocycles. The maximum absolute atomic E-state index is 12.1. The van der Waals surface area contributed by atoms with Gasteiger partial charge in [-0.3, -0.25) is 0 Å². The van der Waals surface area contributed by atoms with Gasteiger partial charge in [0, 0.05) is 13.1 Å². The van der Waals surface area contributed by atoms with Crippen LogP contribution < -0.4 is 5.32 Å². The number of carbonyl (C=O) groups excluding carboxylic acids is 1. The van der Waals surface area contributed by atoms with E-state index in [4.69, 9.17) is 5.11 Å². The first-order valence-electron chi connectivity index (χ1n) is 6.75. The molecule has 2 N–H and O–H groups in total. The lowest BCUT2D eigenvalue weighted by Gasteiger charge is -2.35. The molecule has 3 atom stereocenters. The molecule has 0 spiro atoms. The number of nitrogens with one attached hydrogen (secondary N) is 1. The van der Waals surface area contributed by atoms with Gasteiger partial charge in [-0.1, -0.05) is 13.8 Å². The Morgan fingerprint density at radius 2 is 1.78 bits per heavy atom. The molecule has 0 radical (unpaired) electrons. The largest absolute Gasteiger partial charge is 0.480 e. The van der Waals surface area contributed by atoms with Crippen LogP contribution in [0.4, 0.5) is 4.79 Å². The molecule has 2 rings (SSSR count). The number of aliphatic carboxylic acids is 1. The molecule has 0 aromatic carbocycles. The van der Waals surface area contributed by atoms with Gasteiger partial charge in [0.1, 0.15) is 6.04 Å². The van der Waals surface area contributed by atoms with Gasteiger partial charge in [0.05, 0.1) is 0 Å². The molecule has 1 aliphatic carbocycles. The summed E-state index contributed by atoms with van der Waals surface area (Å²) in [4.78, 5) is 24.9. The van der Waals surface area contributed by atoms with E-state index in [1.165, 1.54) is 0 Å². The lowest BCUT2D eigenvalue weighted by Crippen LogP contribution is -2.52. The van der Waals surface area contributed by atoms with Crippen LogP contribution in [0, 0.1) is 17.8 Å². The molecule has 2 amide bonds. The van der Waals surface area contributed by atoms with E-state index in [-0.39, 0.29) is 11.9 Å². The highest BCUT2D eigenvalue weighted by atomic mass is 16.4. The predicted octanol–water partition coefficient (Wildman–Crippen LogP) is 1.54. The third-order valence-corrected chi connectivity index (χ3v) is 3.79. The highest BCUT2D eigenvalue weighted by Gasteiger charge is 2.38. The summed E-state index contributed by atoms with van der Waals surface area (Å²) in [6, 6.07) is -0.919. The van der Waals surface area contributed by atoms with Crippen molar-refractivity contribution >= 4 is 12.0 Å². The molecule has 102 valence electrons. The molecule has 3 unspecified atom stereocenters. The molecular weight excluding hydrogens is 232 g/mol. The standard InChI is InChI=1S/C13H22N2O3/c1-8-5-9(2)7-15(6-8)13(18)14-11(12(16)17)10-3-4-10/h8-11H,3-7H2,1-2H3,(H,14,18)(H,16,17). The summed E-state index contributed by atoms with van der Waals surface area (Å²) in [5.41, 5.74) is 0. The quantitative estimate of drug-likeness (QED) is 0.802. The zero-order chi connectivity index (χ0) is 13.3. The minimum atomic E-state index is -0.913. The van der Waals surface area contributed by atoms with Crippen molar-refractivity contribution < 1.29 is 14.7 Å². The fourth-order valence-corrected chi connectivity index (χ4v) is 2.86. The number of rotatable bonds is 3. The number of carbonyl (C=O) groups is 2. The molecule has 0 aromatic rings. The lowest BCUT2D eigenvalue weighted by molar-refractivity contribution is -0.139. The van der Waals surface area contributed by atoms with Crippen molar-refractivity contribution in [1.29, 1.82) is 0 Å². The third-order valence-electron chi connectivity index (χ3n) is 3.79. The third kappa shape index (κ3) is 3.15. The molecule has 18 heavy (non-hydrogen) atoms. The average Bonchev–Trinajstić information content (AvgIpc) is 3.07. The van der Waals surface area contributed by atoms with Gasteiger partial charge in [0.15, 0.2) is 0 Å². The number of urea groups is 1. The van der Waals surface area contributed by atoms with Gasteiger partial charge in [0.2, 0.25) is 0 Å². The van der Waals surface area contributed by atoms with Crippen molar-refractivity contribution in [2.75, 3.05) is 13.1 Å². The first-order chi connectivity index (χ1) is 8.47. The van der Waals surface area contributed by atoms with Crippen molar-refractivity contribution in [3.63, 3.8) is 0 Å². The molecular formula is C13H22N2O3. The zero-order valence-corrected chi connectivity index (χ0v) is 11.1. The Kier molecular flexibility index (Phi) is 3.78. The summed E-state index contributed by atoms with van der Waals surface area (Å²) >= 11 is 0. The van der Waals surface area contributed by atoms with Gasteiger partial charge in [-0.15, -0.1) is 0 Å². The number of hydrogen-bond acceptors (Lipinski definition) is 2. The summed E-state index contributed by atoms with van der Waals surface area (Å²) in [5.74, 6) is 0.197. The minimum Gasteiger partial charge on any atom is -0.480 e. The predicted molar refractivity (Wildman–Crippen MR) is 67.2 cm³/mol. The van der Waals surface area contributed by atoms with Crippen molar-refractivity contribution in [2.45, 2.75) is 39.2 Å². The van der Waals surface area contributed by atoms with Crippen LogP contribution in [0.3, 0.4) is 0 Å². The zero-order valence-electron chi connectivity index (χ0n) is 11.1. The van der Waals surface area contributed by atoms with Crippen molar-refractivity contribution in [1.82, 2.24) is 10.2 Å². The van der Waals surface area contributed by atoms with Gasteiger partial charge in [-0.2, -0.15) is 0 Å². The van der Waals surface area contributed by atoms with Crippen LogP contribution in [-0.4, -0.2) is 41.1 Å². The fraction of sp³-hybridized carbons (Fsp3) is 0.846. The van der Waals surface area contributed by atoms with Crippen LogP contribution in [0.1, 0.15) is 33.1 Å². The molecule has 0 aromatic heterocycles. The average molecular weight is 254 g/mol. The van der Waals surface area contributed by atoms with Crippen LogP contribution in [0.2, 0.25) is 0 Å². The highest BCUT2D eigenvalue weighted by Crippen LogP contribution is 2.33. The number of amides is 2. The molecule has 0 bridgehead atoms. The lowest BCUT2D eigenvalue weighted by atomic mass is 9.92. The summed E-state index contributed by atoms with van der Waals surface area (Å²) in [6.45, 7) is 5.72. The Labute approximate surface area is 108 Å². The SMILES string of the molecule is CC1CC(C)CN(C(=O)NC(C(=O)O)C2CC2)C1. The van der Waals surface area contributed by atoms with E-state index in [9.17, 15) is 9.59 Å². The van der Waals surface area contributed by atoms with Crippen LogP contribution >= 0.6 is 0 Å². The van der Waals surface area contributed by atoms with Crippen molar-refractivity contribution in [3.8, 4) is 0 Å². The molecule has 1 aliphatic heterocycles. The Balaban J connectivity index is 1.91. The maximum atomic E-state index is 12.1. The summed E-state index contributed by atoms with van der Waals surface area (Å²) < 4.78 is 0. The first kappa shape index (κ1) is 13.2. The molecule has 5 heteroatoms. The number of piperidine rings is 1. The molecule has 2 aliphatic rings. The van der Waals surface area contributed by atoms with Crippen LogP contribution in [0.15, 0.2) is 0 Å². The Hall–Kier alpha value is -1.26. The summed E-state index contributed by atoms with van der Waals surface area (Å²) in [7, 11) is 0. The van der Waals surface area contributed by atoms with E-state index in [2.05, 4.69) is 19.2 Å². The Morgan fingerprint density at radius 1 is 1.22 bits per heavy atom. The second kappa shape index (κ2) is 5.16. The second-order valence-electron chi connectivity index (χ2n) is 5.95. The van der Waals surface area contributed by atoms with E-state index in [0.717, 1.165) is 32.4 Å². The van der Waals surface area contributed by atoms with Gasteiger partial charge in [-0.05, 0) is 37.0 Å². The van der Waals surface area contributed by atoms with E-state index in [1.54, 1.807) is 4.90 Å². The Bertz CT molecular complexity index is 331. The van der Waals surface area contributed by atoms with E-state index in [1.807, 2.05) is 0 Å². The van der Waals surface area contributed by atoms with Gasteiger partial charge in [-0.25, -0.2) is 9.59 Å². The van der Waals surface area contributed by atoms with Crippen molar-refractivity contribution in [3.05, 3.63) is 0 Å². The normalized spacial score (nSPS) is 29.8. The smallest absolute Gasteiger partial charge is 0.326 e. The fourth-order valence-electron chi connectivity index (χ4n) is 2.86. The Morgan fingerprint density at radius 3 is 2.22 bits per heavy atom. The number of carboxylic acid groups (broad SMARTS) is 1. The topological polar surface area (TPSA) is 69.6 Å². The van der Waals surface area contributed by atoms with Gasteiger partial charge in [0.25, 0.3) is 0 Å². The van der Waals surface area contributed by atoms with Gasteiger partial charge < -0.3 is 15.3 Å². The number of likely N-dealkylation sites (tertiary alicyclic amines) is 1. The monoisotopic (exact) mass is 254 g/mol. The summed E-state index contributed by atoms with van der Waals surface area (Å²) in [6.07, 6.45) is 2.95. The van der Waals surface area contributed by atoms with Crippen LogP contribution in [-0.2, 0) is 4.79 Å². The van der Waals surface area contributed by atoms with Gasteiger partial charge >= 0.3 is 12.0 Å². The van der Waals surface area contributed by atoms with E-state index >= 15 is 0 Å². The number of carboxylic acids is 1. The van der Waals surface area contributed by atoms with Crippen LogP contribution in [0.25, 0.3) is 0 Å². The number of nitrogens with zero attached hydrogens (tertiary/aromatic N) is 1. The number of hydrogen-bond donors (Lipinski definition) is 2. The van der Waals surface area contributed by atoms with E-state index in [0.29, 0.717) is 11.8 Å². The van der Waals surface area contributed by atoms with Crippen molar-refractivity contribution in [2.24, 2.45) is 17.8 Å². The summed E-state index contributed by atoms with van der Waals surface area (Å²) in [5, 5.41) is 11.8. The highest BCUT2D eigenvalue weighted by molar-refractivity contribution is 5.83. The van der Waals surface area contributed by atoms with E-state index < -0.39 is 12.0 Å². The molecule has 2 fully saturated rings. The maximum Gasteiger partial charge on any atom is 0.326 e. The first-order valence-corrected chi connectivity index (χ1v) is 6.75. The van der Waals surface area contributed by atoms with Crippen LogP contribution in [0.5, 0.6) is 0 Å². The molecule has 1 saturated carbocycles.